The highest BCUT2D eigenvalue weighted by Crippen LogP contribution is 2.09. The molecule has 2 N–H and O–H groups in total. The lowest BCUT2D eigenvalue weighted by molar-refractivity contribution is 0.117. The van der Waals surface area contributed by atoms with Crippen molar-refractivity contribution in [1.82, 2.24) is 15.2 Å². The number of aryl methyl sites for hydroxylation is 1. The molecule has 6 heteroatoms. The molecule has 1 unspecified atom stereocenters. The van der Waals surface area contributed by atoms with Crippen LogP contribution in [-0.4, -0.2) is 61.5 Å². The largest absolute Gasteiger partial charge is 0.390 e. The van der Waals surface area contributed by atoms with Gasteiger partial charge in [-0.3, -0.25) is 4.90 Å². The summed E-state index contributed by atoms with van der Waals surface area (Å²) in [4.78, 5) is 6.49. The van der Waals surface area contributed by atoms with Gasteiger partial charge in [-0.05, 0) is 14.0 Å². The molecule has 0 spiro atoms. The van der Waals surface area contributed by atoms with E-state index in [0.29, 0.717) is 19.7 Å². The lowest BCUT2D eigenvalue weighted by atomic mass is 10.3. The second-order valence-corrected chi connectivity index (χ2v) is 5.47. The highest BCUT2D eigenvalue weighted by molar-refractivity contribution is 7.09. The summed E-state index contributed by atoms with van der Waals surface area (Å²) >= 11 is 1.66. The quantitative estimate of drug-likeness (QED) is 0.641. The van der Waals surface area contributed by atoms with Crippen LogP contribution in [0.5, 0.6) is 0 Å². The van der Waals surface area contributed by atoms with Crippen molar-refractivity contribution in [2.45, 2.75) is 19.6 Å². The Kier molecular flexibility index (Phi) is 7.38. The molecule has 0 fully saturated rings. The Morgan fingerprint density at radius 2 is 2.39 bits per heavy atom. The Balaban J connectivity index is 2.16. The molecule has 0 saturated carbocycles. The number of methoxy groups -OCH3 is 1. The van der Waals surface area contributed by atoms with E-state index in [1.807, 2.05) is 14.0 Å². The van der Waals surface area contributed by atoms with Crippen molar-refractivity contribution in [3.63, 3.8) is 0 Å². The van der Waals surface area contributed by atoms with E-state index < -0.39 is 0 Å². The number of nitrogens with one attached hydrogen (secondary N) is 1. The smallest absolute Gasteiger partial charge is 0.0897 e. The standard InChI is InChI=1S/C12H23N3O2S/c1-10-14-11(9-18-10)7-15(2)8-12(16)6-13-4-5-17-3/h9,12-13,16H,4-8H2,1-3H3. The van der Waals surface area contributed by atoms with Crippen molar-refractivity contribution in [3.05, 3.63) is 16.1 Å². The summed E-state index contributed by atoms with van der Waals surface area (Å²) in [6, 6.07) is 0. The number of aliphatic hydroxyl groups excluding tert-OH is 1. The van der Waals surface area contributed by atoms with E-state index in [2.05, 4.69) is 20.6 Å². The lowest BCUT2D eigenvalue weighted by Gasteiger charge is -2.19. The van der Waals surface area contributed by atoms with Crippen LogP contribution in [0.2, 0.25) is 0 Å². The van der Waals surface area contributed by atoms with Gasteiger partial charge in [0.05, 0.1) is 23.4 Å². The SMILES string of the molecule is COCCNCC(O)CN(C)Cc1csc(C)n1. The number of nitrogens with zero attached hydrogens (tertiary/aromatic N) is 2. The molecule has 0 saturated heterocycles. The fourth-order valence-corrected chi connectivity index (χ4v) is 2.29. The molecular weight excluding hydrogens is 250 g/mol. The van der Waals surface area contributed by atoms with Crippen LogP contribution in [0.4, 0.5) is 0 Å². The number of hydrogen-bond donors (Lipinski definition) is 2. The van der Waals surface area contributed by atoms with Gasteiger partial charge >= 0.3 is 0 Å². The third-order valence-electron chi connectivity index (χ3n) is 2.48. The van der Waals surface area contributed by atoms with Crippen molar-refractivity contribution in [1.29, 1.82) is 0 Å². The molecule has 1 rings (SSSR count). The summed E-state index contributed by atoms with van der Waals surface area (Å²) in [7, 11) is 3.66. The maximum absolute atomic E-state index is 9.84. The summed E-state index contributed by atoms with van der Waals surface area (Å²) in [5.74, 6) is 0. The predicted octanol–water partition coefficient (Wildman–Crippen LogP) is 0.480. The molecule has 104 valence electrons. The summed E-state index contributed by atoms with van der Waals surface area (Å²) in [5.41, 5.74) is 1.07. The van der Waals surface area contributed by atoms with Crippen molar-refractivity contribution >= 4 is 11.3 Å². The molecule has 0 bridgehead atoms. The molecule has 0 aromatic carbocycles. The van der Waals surface area contributed by atoms with Crippen molar-refractivity contribution in [2.24, 2.45) is 0 Å². The van der Waals surface area contributed by atoms with Crippen molar-refractivity contribution in [3.8, 4) is 0 Å². The minimum Gasteiger partial charge on any atom is -0.390 e. The molecule has 1 heterocycles. The normalized spacial score (nSPS) is 13.2. The Bertz CT molecular complexity index is 333. The summed E-state index contributed by atoms with van der Waals surface area (Å²) < 4.78 is 4.92. The van der Waals surface area contributed by atoms with Crippen LogP contribution in [-0.2, 0) is 11.3 Å². The van der Waals surface area contributed by atoms with Crippen molar-refractivity contribution in [2.75, 3.05) is 40.4 Å². The molecule has 18 heavy (non-hydrogen) atoms. The lowest BCUT2D eigenvalue weighted by Crippen LogP contribution is -2.37. The maximum atomic E-state index is 9.84. The first-order valence-corrected chi connectivity index (χ1v) is 6.97. The Morgan fingerprint density at radius 3 is 3.00 bits per heavy atom. The van der Waals surface area contributed by atoms with Gasteiger partial charge in [-0.15, -0.1) is 11.3 Å². The van der Waals surface area contributed by atoms with Gasteiger partial charge in [0.15, 0.2) is 0 Å². The van der Waals surface area contributed by atoms with Gasteiger partial charge < -0.3 is 15.2 Å². The fourth-order valence-electron chi connectivity index (χ4n) is 1.69. The topological polar surface area (TPSA) is 57.6 Å². The van der Waals surface area contributed by atoms with Gasteiger partial charge in [-0.25, -0.2) is 4.98 Å². The van der Waals surface area contributed by atoms with Gasteiger partial charge in [0, 0.05) is 38.7 Å². The summed E-state index contributed by atoms with van der Waals surface area (Å²) in [6.07, 6.45) is -0.369. The number of thiazole rings is 1. The zero-order chi connectivity index (χ0) is 13.4. The number of likely N-dealkylation sites (N-methyl/N-ethyl adjacent to an activating group) is 1. The highest BCUT2D eigenvalue weighted by Gasteiger charge is 2.09. The van der Waals surface area contributed by atoms with Gasteiger partial charge in [0.25, 0.3) is 0 Å². The molecule has 0 aliphatic rings. The zero-order valence-corrected chi connectivity index (χ0v) is 12.2. The molecule has 0 amide bonds. The van der Waals surface area contributed by atoms with Crippen LogP contribution in [0, 0.1) is 6.92 Å². The first-order chi connectivity index (χ1) is 8.61. The first kappa shape index (κ1) is 15.5. The van der Waals surface area contributed by atoms with E-state index in [9.17, 15) is 5.11 Å². The molecule has 0 aliphatic heterocycles. The molecule has 1 aromatic rings. The van der Waals surface area contributed by atoms with E-state index in [0.717, 1.165) is 23.8 Å². The van der Waals surface area contributed by atoms with Gasteiger partial charge in [-0.2, -0.15) is 0 Å². The molecule has 1 aromatic heterocycles. The van der Waals surface area contributed by atoms with Gasteiger partial charge in [-0.1, -0.05) is 0 Å². The molecule has 1 atom stereocenters. The van der Waals surface area contributed by atoms with E-state index >= 15 is 0 Å². The summed E-state index contributed by atoms with van der Waals surface area (Å²) in [5, 5.41) is 16.1. The number of aromatic nitrogens is 1. The molecule has 5 nitrogen and oxygen atoms in total. The monoisotopic (exact) mass is 273 g/mol. The molecule has 0 aliphatic carbocycles. The third kappa shape index (κ3) is 6.42. The first-order valence-electron chi connectivity index (χ1n) is 6.09. The van der Waals surface area contributed by atoms with Crippen LogP contribution in [0.25, 0.3) is 0 Å². The van der Waals surface area contributed by atoms with E-state index in [1.54, 1.807) is 18.4 Å². The number of hydrogen-bond acceptors (Lipinski definition) is 6. The fraction of sp³-hybridized carbons (Fsp3) is 0.750. The van der Waals surface area contributed by atoms with Crippen molar-refractivity contribution < 1.29 is 9.84 Å². The van der Waals surface area contributed by atoms with Gasteiger partial charge in [0.1, 0.15) is 0 Å². The predicted molar refractivity (Wildman–Crippen MR) is 73.9 cm³/mol. The second kappa shape index (κ2) is 8.55. The van der Waals surface area contributed by atoms with Crippen LogP contribution in [0.3, 0.4) is 0 Å². The van der Waals surface area contributed by atoms with Crippen LogP contribution >= 0.6 is 11.3 Å². The van der Waals surface area contributed by atoms with E-state index in [1.165, 1.54) is 0 Å². The number of rotatable bonds is 9. The minimum atomic E-state index is -0.369. The highest BCUT2D eigenvalue weighted by atomic mass is 32.1. The Labute approximate surface area is 113 Å². The zero-order valence-electron chi connectivity index (χ0n) is 11.3. The van der Waals surface area contributed by atoms with Crippen LogP contribution < -0.4 is 5.32 Å². The average Bonchev–Trinajstić information content (AvgIpc) is 2.70. The van der Waals surface area contributed by atoms with E-state index in [4.69, 9.17) is 4.74 Å². The van der Waals surface area contributed by atoms with Crippen LogP contribution in [0.15, 0.2) is 5.38 Å². The Morgan fingerprint density at radius 1 is 1.61 bits per heavy atom. The second-order valence-electron chi connectivity index (χ2n) is 4.41. The number of ether oxygens (including phenoxy) is 1. The average molecular weight is 273 g/mol. The van der Waals surface area contributed by atoms with Crippen LogP contribution in [0.1, 0.15) is 10.7 Å². The molecular formula is C12H23N3O2S. The van der Waals surface area contributed by atoms with E-state index in [-0.39, 0.29) is 6.10 Å². The number of aliphatic hydroxyl groups is 1. The maximum Gasteiger partial charge on any atom is 0.0897 e. The van der Waals surface area contributed by atoms with Gasteiger partial charge in [0.2, 0.25) is 0 Å². The Hall–Kier alpha value is -0.530. The molecule has 0 radical (unpaired) electrons. The third-order valence-corrected chi connectivity index (χ3v) is 3.31. The minimum absolute atomic E-state index is 0.369. The summed E-state index contributed by atoms with van der Waals surface area (Å²) in [6.45, 7) is 5.44.